The number of amides is 1. The summed E-state index contributed by atoms with van der Waals surface area (Å²) in [6, 6.07) is -0.220. The van der Waals surface area contributed by atoms with Crippen LogP contribution in [0, 0.1) is 0 Å². The van der Waals surface area contributed by atoms with Crippen LogP contribution >= 0.6 is 0 Å². The summed E-state index contributed by atoms with van der Waals surface area (Å²) in [5.74, 6) is 0.0302. The lowest BCUT2D eigenvalue weighted by Gasteiger charge is -2.34. The van der Waals surface area contributed by atoms with Gasteiger partial charge in [0.15, 0.2) is 0 Å². The van der Waals surface area contributed by atoms with E-state index in [9.17, 15) is 9.59 Å². The second-order valence-corrected chi connectivity index (χ2v) is 5.18. The molecule has 1 aliphatic rings. The molecule has 21 heavy (non-hydrogen) atoms. The third kappa shape index (κ3) is 5.63. The first-order chi connectivity index (χ1) is 10.1. The van der Waals surface area contributed by atoms with Gasteiger partial charge in [0, 0.05) is 39.1 Å². The monoisotopic (exact) mass is 299 g/mol. The van der Waals surface area contributed by atoms with Gasteiger partial charge in [-0.05, 0) is 33.7 Å². The fraction of sp³-hybridized carbons (Fsp3) is 0.867. The zero-order chi connectivity index (χ0) is 15.7. The third-order valence-corrected chi connectivity index (χ3v) is 3.87. The van der Waals surface area contributed by atoms with Gasteiger partial charge in [-0.3, -0.25) is 14.5 Å². The smallest absolute Gasteiger partial charge is 0.324 e. The normalized spacial score (nSPS) is 19.3. The van der Waals surface area contributed by atoms with Crippen LogP contribution in [0.3, 0.4) is 0 Å². The molecule has 1 rings (SSSR count). The van der Waals surface area contributed by atoms with E-state index in [4.69, 9.17) is 4.74 Å². The van der Waals surface area contributed by atoms with Crippen molar-refractivity contribution in [1.82, 2.24) is 15.1 Å². The summed E-state index contributed by atoms with van der Waals surface area (Å²) in [5.41, 5.74) is 0. The maximum Gasteiger partial charge on any atom is 0.324 e. The van der Waals surface area contributed by atoms with Crippen LogP contribution in [0.4, 0.5) is 0 Å². The molecule has 1 atom stereocenters. The Kier molecular flexibility index (Phi) is 8.30. The fourth-order valence-corrected chi connectivity index (χ4v) is 2.65. The molecular weight excluding hydrogens is 270 g/mol. The van der Waals surface area contributed by atoms with Gasteiger partial charge in [-0.1, -0.05) is 0 Å². The number of piperazine rings is 1. The molecule has 0 aliphatic carbocycles. The maximum absolute atomic E-state index is 12.0. The second-order valence-electron chi connectivity index (χ2n) is 5.18. The van der Waals surface area contributed by atoms with Crippen LogP contribution in [0.2, 0.25) is 0 Å². The van der Waals surface area contributed by atoms with Gasteiger partial charge in [-0.25, -0.2) is 0 Å². The van der Waals surface area contributed by atoms with Crippen LogP contribution < -0.4 is 5.32 Å². The number of esters is 1. The molecule has 0 aromatic heterocycles. The van der Waals surface area contributed by atoms with Crippen molar-refractivity contribution in [2.24, 2.45) is 0 Å². The molecule has 0 bridgehead atoms. The standard InChI is InChI=1S/C15H29N3O3/c1-4-17(5-2)14(19)8-7-10-18-11-9-16-12-13(18)15(20)21-6-3/h13,16H,4-12H2,1-3H3. The lowest BCUT2D eigenvalue weighted by molar-refractivity contribution is -0.150. The second kappa shape index (κ2) is 9.73. The Morgan fingerprint density at radius 3 is 2.62 bits per heavy atom. The zero-order valence-electron chi connectivity index (χ0n) is 13.6. The number of nitrogens with one attached hydrogen (secondary N) is 1. The van der Waals surface area contributed by atoms with Crippen molar-refractivity contribution >= 4 is 11.9 Å². The highest BCUT2D eigenvalue weighted by Gasteiger charge is 2.29. The van der Waals surface area contributed by atoms with Gasteiger partial charge in [0.1, 0.15) is 6.04 Å². The Labute approximate surface area is 127 Å². The Morgan fingerprint density at radius 2 is 2.00 bits per heavy atom. The van der Waals surface area contributed by atoms with Crippen LogP contribution in [0.1, 0.15) is 33.6 Å². The summed E-state index contributed by atoms with van der Waals surface area (Å²) in [6.45, 7) is 10.8. The van der Waals surface area contributed by atoms with Crippen LogP contribution in [0.25, 0.3) is 0 Å². The minimum Gasteiger partial charge on any atom is -0.465 e. The molecular formula is C15H29N3O3. The quantitative estimate of drug-likeness (QED) is 0.660. The topological polar surface area (TPSA) is 61.9 Å². The summed E-state index contributed by atoms with van der Waals surface area (Å²) in [6.07, 6.45) is 1.33. The molecule has 0 saturated carbocycles. The van der Waals surface area contributed by atoms with Crippen molar-refractivity contribution in [2.75, 3.05) is 45.9 Å². The van der Waals surface area contributed by atoms with Crippen molar-refractivity contribution in [3.63, 3.8) is 0 Å². The molecule has 6 heteroatoms. The molecule has 0 spiro atoms. The van der Waals surface area contributed by atoms with Crippen molar-refractivity contribution in [2.45, 2.75) is 39.7 Å². The van der Waals surface area contributed by atoms with Crippen molar-refractivity contribution in [3.05, 3.63) is 0 Å². The zero-order valence-corrected chi connectivity index (χ0v) is 13.6. The molecule has 6 nitrogen and oxygen atoms in total. The van der Waals surface area contributed by atoms with Gasteiger partial charge in [0.2, 0.25) is 5.91 Å². The number of hydrogen-bond acceptors (Lipinski definition) is 5. The third-order valence-electron chi connectivity index (χ3n) is 3.87. The van der Waals surface area contributed by atoms with Crippen LogP contribution in [-0.2, 0) is 14.3 Å². The molecule has 0 aromatic carbocycles. The molecule has 1 aliphatic heterocycles. The Bertz CT molecular complexity index is 332. The van der Waals surface area contributed by atoms with Crippen LogP contribution in [-0.4, -0.2) is 73.6 Å². The predicted octanol–water partition coefficient (Wildman–Crippen LogP) is 0.472. The number of hydrogen-bond donors (Lipinski definition) is 1. The predicted molar refractivity (Wildman–Crippen MR) is 82.0 cm³/mol. The molecule has 1 saturated heterocycles. The van der Waals surface area contributed by atoms with E-state index in [1.807, 2.05) is 25.7 Å². The number of rotatable bonds is 8. The van der Waals surface area contributed by atoms with Crippen molar-refractivity contribution < 1.29 is 14.3 Å². The molecule has 1 fully saturated rings. The summed E-state index contributed by atoms with van der Waals surface area (Å²) >= 11 is 0. The van der Waals surface area contributed by atoms with Crippen molar-refractivity contribution in [1.29, 1.82) is 0 Å². The average molecular weight is 299 g/mol. The van der Waals surface area contributed by atoms with E-state index in [1.54, 1.807) is 0 Å². The first-order valence-corrected chi connectivity index (χ1v) is 8.03. The number of carbonyl (C=O) groups excluding carboxylic acids is 2. The van der Waals surface area contributed by atoms with E-state index in [2.05, 4.69) is 10.2 Å². The van der Waals surface area contributed by atoms with E-state index in [0.29, 0.717) is 19.6 Å². The largest absolute Gasteiger partial charge is 0.465 e. The van der Waals surface area contributed by atoms with E-state index >= 15 is 0 Å². The van der Waals surface area contributed by atoms with Crippen molar-refractivity contribution in [3.8, 4) is 0 Å². The number of ether oxygens (including phenoxy) is 1. The van der Waals surface area contributed by atoms with E-state index in [1.165, 1.54) is 0 Å². The average Bonchev–Trinajstić information content (AvgIpc) is 2.49. The molecule has 0 radical (unpaired) electrons. The molecule has 1 unspecified atom stereocenters. The van der Waals surface area contributed by atoms with Gasteiger partial charge in [-0.15, -0.1) is 0 Å². The lowest BCUT2D eigenvalue weighted by Crippen LogP contribution is -2.55. The minimum absolute atomic E-state index is 0.167. The number of nitrogens with zero attached hydrogens (tertiary/aromatic N) is 2. The van der Waals surface area contributed by atoms with E-state index in [0.717, 1.165) is 39.1 Å². The summed E-state index contributed by atoms with van der Waals surface area (Å²) in [7, 11) is 0. The van der Waals surface area contributed by atoms with Gasteiger partial charge < -0.3 is 15.0 Å². The first kappa shape index (κ1) is 17.9. The van der Waals surface area contributed by atoms with E-state index < -0.39 is 0 Å². The highest BCUT2D eigenvalue weighted by atomic mass is 16.5. The van der Waals surface area contributed by atoms with Gasteiger partial charge >= 0.3 is 5.97 Å². The highest BCUT2D eigenvalue weighted by molar-refractivity contribution is 5.77. The number of carbonyl (C=O) groups is 2. The first-order valence-electron chi connectivity index (χ1n) is 8.03. The van der Waals surface area contributed by atoms with Gasteiger partial charge in [0.05, 0.1) is 6.61 Å². The van der Waals surface area contributed by atoms with Gasteiger partial charge in [0.25, 0.3) is 0 Å². The summed E-state index contributed by atoms with van der Waals surface area (Å²) in [4.78, 5) is 27.9. The Hall–Kier alpha value is -1.14. The maximum atomic E-state index is 12.0. The summed E-state index contributed by atoms with van der Waals surface area (Å²) < 4.78 is 5.12. The lowest BCUT2D eigenvalue weighted by atomic mass is 10.1. The molecule has 1 N–H and O–H groups in total. The highest BCUT2D eigenvalue weighted by Crippen LogP contribution is 2.08. The summed E-state index contributed by atoms with van der Waals surface area (Å²) in [5, 5.41) is 3.22. The minimum atomic E-state index is -0.220. The van der Waals surface area contributed by atoms with E-state index in [-0.39, 0.29) is 17.9 Å². The van der Waals surface area contributed by atoms with Crippen LogP contribution in [0.5, 0.6) is 0 Å². The Balaban J connectivity index is 2.40. The molecule has 1 heterocycles. The van der Waals surface area contributed by atoms with Crippen LogP contribution in [0.15, 0.2) is 0 Å². The molecule has 1 amide bonds. The fourth-order valence-electron chi connectivity index (χ4n) is 2.65. The Morgan fingerprint density at radius 1 is 1.29 bits per heavy atom. The molecule has 0 aromatic rings. The molecule has 122 valence electrons. The van der Waals surface area contributed by atoms with Gasteiger partial charge in [-0.2, -0.15) is 0 Å². The SMILES string of the molecule is CCOC(=O)C1CNCCN1CCCC(=O)N(CC)CC.